The van der Waals surface area contributed by atoms with Crippen LogP contribution in [-0.4, -0.2) is 105 Å². The molecule has 3 N–H and O–H groups in total. The Labute approximate surface area is 340 Å². The molecule has 13 nitrogen and oxygen atoms in total. The second-order valence-electron chi connectivity index (χ2n) is 15.8. The standard InChI is InChI=1S/C39H52ClN9O4S.ClH/c1-24-21-46(22-25(2)47(24)23-35(51)44-28-9-5-8-27(17-28)43-32-14-15-34(50)45-36(32)52)16-6-7-26-10-12-29(13-11-26)49-38(54)48(37(53)39(49,3)4)30-18-31(40)33(19-41)42-20-30;/h5,8-9,17-18,20,24-26,29,32,38,43,54H,6-7,10-16,21-23H2,1-4H3,(H,44,51)(H,45,50,52);1H/t24-,25+,26?,29?,32?,38?;. The van der Waals surface area contributed by atoms with E-state index in [1.807, 2.05) is 44.2 Å². The molecule has 298 valence electrons. The molecule has 1 aliphatic carbocycles. The van der Waals surface area contributed by atoms with Crippen molar-refractivity contribution in [3.05, 3.63) is 47.2 Å². The molecule has 1 aromatic carbocycles. The molecule has 4 fully saturated rings. The van der Waals surface area contributed by atoms with E-state index in [-0.39, 0.29) is 64.9 Å². The summed E-state index contributed by atoms with van der Waals surface area (Å²) in [6.07, 6.45) is 8.79. The van der Waals surface area contributed by atoms with Gasteiger partial charge in [-0.1, -0.05) is 17.7 Å². The Morgan fingerprint density at radius 3 is 2.42 bits per heavy atom. The van der Waals surface area contributed by atoms with E-state index in [0.29, 0.717) is 42.4 Å². The van der Waals surface area contributed by atoms with Gasteiger partial charge < -0.3 is 15.5 Å². The number of carbonyl (C=O) groups is 4. The summed E-state index contributed by atoms with van der Waals surface area (Å²) >= 11 is 11.2. The Balaban J connectivity index is 0.00000580. The summed E-state index contributed by atoms with van der Waals surface area (Å²) in [5, 5.41) is 18.0. The topological polar surface area (TPSA) is 154 Å². The third-order valence-corrected chi connectivity index (χ3v) is 12.4. The van der Waals surface area contributed by atoms with Gasteiger partial charge in [0.2, 0.25) is 23.6 Å². The van der Waals surface area contributed by atoms with Gasteiger partial charge in [-0.05, 0) is 109 Å². The number of imide groups is 1. The summed E-state index contributed by atoms with van der Waals surface area (Å²) in [5.74, 6) is -0.0717. The number of thiol groups is 1. The summed E-state index contributed by atoms with van der Waals surface area (Å²) in [5.41, 5.74) is 0.857. The maximum Gasteiger partial charge on any atom is 0.249 e. The molecular formula is C39H53Cl2N9O4S. The van der Waals surface area contributed by atoms with E-state index in [1.165, 1.54) is 12.6 Å². The molecule has 55 heavy (non-hydrogen) atoms. The molecule has 6 rings (SSSR count). The highest BCUT2D eigenvalue weighted by atomic mass is 35.5. The first kappa shape index (κ1) is 42.7. The number of pyridine rings is 1. The van der Waals surface area contributed by atoms with E-state index >= 15 is 0 Å². The van der Waals surface area contributed by atoms with E-state index in [4.69, 9.17) is 24.2 Å². The van der Waals surface area contributed by atoms with Gasteiger partial charge in [0.15, 0.2) is 5.69 Å². The predicted octanol–water partition coefficient (Wildman–Crippen LogP) is 5.26. The van der Waals surface area contributed by atoms with Crippen molar-refractivity contribution in [2.24, 2.45) is 5.92 Å². The minimum atomic E-state index is -0.734. The number of nitrogens with zero attached hydrogens (tertiary/aromatic N) is 6. The van der Waals surface area contributed by atoms with Crippen molar-refractivity contribution in [2.75, 3.05) is 41.7 Å². The number of amides is 4. The zero-order valence-electron chi connectivity index (χ0n) is 32.0. The minimum absolute atomic E-state index is 0. The summed E-state index contributed by atoms with van der Waals surface area (Å²) < 4.78 is 0. The normalized spacial score (nSPS) is 27.6. The average Bonchev–Trinajstić information content (AvgIpc) is 3.30. The first-order valence-electron chi connectivity index (χ1n) is 19.1. The smallest absolute Gasteiger partial charge is 0.249 e. The van der Waals surface area contributed by atoms with Gasteiger partial charge >= 0.3 is 0 Å². The summed E-state index contributed by atoms with van der Waals surface area (Å²) in [6, 6.07) is 11.1. The van der Waals surface area contributed by atoms with Crippen LogP contribution in [-0.2, 0) is 19.2 Å². The molecule has 1 saturated carbocycles. The Kier molecular flexibility index (Phi) is 14.1. The maximum atomic E-state index is 13.6. The second kappa shape index (κ2) is 18.2. The number of nitriles is 1. The molecule has 0 spiro atoms. The zero-order valence-corrected chi connectivity index (χ0v) is 34.4. The lowest BCUT2D eigenvalue weighted by molar-refractivity contribution is -0.133. The van der Waals surface area contributed by atoms with Gasteiger partial charge in [0.25, 0.3) is 0 Å². The minimum Gasteiger partial charge on any atom is -0.374 e. The number of benzene rings is 1. The third-order valence-electron chi connectivity index (χ3n) is 11.6. The summed E-state index contributed by atoms with van der Waals surface area (Å²) in [6.45, 7) is 11.4. The van der Waals surface area contributed by atoms with Crippen LogP contribution in [0.1, 0.15) is 84.8 Å². The lowest BCUT2D eigenvalue weighted by atomic mass is 9.81. The molecule has 4 aliphatic rings. The summed E-state index contributed by atoms with van der Waals surface area (Å²) in [7, 11) is 0. The van der Waals surface area contributed by atoms with Crippen molar-refractivity contribution < 1.29 is 19.2 Å². The molecule has 2 aromatic rings. The van der Waals surface area contributed by atoms with Gasteiger partial charge in [0.1, 0.15) is 17.6 Å². The number of aromatic nitrogens is 1. The van der Waals surface area contributed by atoms with Crippen LogP contribution in [0.2, 0.25) is 5.02 Å². The molecular weight excluding hydrogens is 761 g/mol. The van der Waals surface area contributed by atoms with Crippen LogP contribution < -0.4 is 20.9 Å². The Hall–Kier alpha value is -3.45. The second-order valence-corrected chi connectivity index (χ2v) is 16.7. The molecule has 3 aliphatic heterocycles. The number of hydrogen-bond acceptors (Lipinski definition) is 11. The first-order valence-corrected chi connectivity index (χ1v) is 20.0. The fourth-order valence-corrected chi connectivity index (χ4v) is 9.74. The highest BCUT2D eigenvalue weighted by Crippen LogP contribution is 2.43. The highest BCUT2D eigenvalue weighted by Gasteiger charge is 2.54. The number of carbonyl (C=O) groups excluding carboxylic acids is 4. The van der Waals surface area contributed by atoms with E-state index in [9.17, 15) is 24.4 Å². The molecule has 2 unspecified atom stereocenters. The molecule has 3 saturated heterocycles. The van der Waals surface area contributed by atoms with E-state index in [0.717, 1.165) is 51.7 Å². The van der Waals surface area contributed by atoms with Gasteiger partial charge in [0, 0.05) is 49.0 Å². The van der Waals surface area contributed by atoms with Crippen LogP contribution in [0.5, 0.6) is 0 Å². The van der Waals surface area contributed by atoms with Crippen LogP contribution in [0.4, 0.5) is 17.1 Å². The molecule has 0 bridgehead atoms. The third kappa shape index (κ3) is 9.75. The van der Waals surface area contributed by atoms with Crippen molar-refractivity contribution in [1.29, 1.82) is 5.26 Å². The van der Waals surface area contributed by atoms with Crippen LogP contribution in [0.25, 0.3) is 0 Å². The Bertz CT molecular complexity index is 1770. The molecule has 16 heteroatoms. The zero-order chi connectivity index (χ0) is 38.7. The number of piperazine rings is 1. The van der Waals surface area contributed by atoms with Crippen LogP contribution in [0, 0.1) is 17.2 Å². The Morgan fingerprint density at radius 1 is 1.07 bits per heavy atom. The average molecular weight is 815 g/mol. The number of rotatable bonds is 11. The molecule has 0 radical (unpaired) electrons. The number of halogens is 2. The lowest BCUT2D eigenvalue weighted by Crippen LogP contribution is -2.58. The number of anilines is 3. The molecule has 4 heterocycles. The van der Waals surface area contributed by atoms with Gasteiger partial charge in [0.05, 0.1) is 29.0 Å². The first-order chi connectivity index (χ1) is 25.7. The van der Waals surface area contributed by atoms with Crippen molar-refractivity contribution in [3.63, 3.8) is 0 Å². The van der Waals surface area contributed by atoms with Gasteiger partial charge in [-0.15, -0.1) is 25.0 Å². The van der Waals surface area contributed by atoms with E-state index in [2.05, 4.69) is 49.5 Å². The molecule has 1 aromatic heterocycles. The predicted molar refractivity (Wildman–Crippen MR) is 219 cm³/mol. The van der Waals surface area contributed by atoms with Crippen molar-refractivity contribution in [2.45, 2.75) is 114 Å². The van der Waals surface area contributed by atoms with E-state index < -0.39 is 17.1 Å². The highest BCUT2D eigenvalue weighted by molar-refractivity contribution is 7.81. The largest absolute Gasteiger partial charge is 0.374 e. The van der Waals surface area contributed by atoms with Gasteiger partial charge in [-0.2, -0.15) is 5.26 Å². The quantitative estimate of drug-likeness (QED) is 0.175. The fraction of sp³-hybridized carbons (Fsp3) is 0.590. The maximum absolute atomic E-state index is 13.6. The van der Waals surface area contributed by atoms with Crippen molar-refractivity contribution in [3.8, 4) is 6.07 Å². The number of hydrogen-bond donors (Lipinski definition) is 4. The monoisotopic (exact) mass is 813 g/mol. The van der Waals surface area contributed by atoms with Crippen LogP contribution in [0.15, 0.2) is 36.5 Å². The SMILES string of the molecule is C[C@@H]1CN(CCCC2CCC(N3C(S)N(c4cnc(C#N)c(Cl)c4)C(=O)C3(C)C)CC2)C[C@H](C)N1CC(=O)Nc1cccc(NC2CCC(=O)NC2=O)c1.Cl. The van der Waals surface area contributed by atoms with Crippen LogP contribution >= 0.6 is 36.6 Å². The van der Waals surface area contributed by atoms with Gasteiger partial charge in [-0.25, -0.2) is 4.98 Å². The van der Waals surface area contributed by atoms with E-state index in [1.54, 1.807) is 11.0 Å². The number of piperidine rings is 1. The van der Waals surface area contributed by atoms with Crippen LogP contribution in [0.3, 0.4) is 0 Å². The van der Waals surface area contributed by atoms with Crippen molar-refractivity contribution >= 4 is 77.3 Å². The number of nitrogens with one attached hydrogen (secondary N) is 3. The lowest BCUT2D eigenvalue weighted by Gasteiger charge is -2.44. The van der Waals surface area contributed by atoms with Gasteiger partial charge in [-0.3, -0.25) is 39.2 Å². The summed E-state index contributed by atoms with van der Waals surface area (Å²) in [4.78, 5) is 63.3. The van der Waals surface area contributed by atoms with Crippen molar-refractivity contribution in [1.82, 2.24) is 25.0 Å². The molecule has 4 amide bonds. The fourth-order valence-electron chi connectivity index (χ4n) is 8.82. The molecule has 4 atom stereocenters. The Morgan fingerprint density at radius 2 is 1.76 bits per heavy atom.